The number of hydrogen-bond donors (Lipinski definition) is 1. The summed E-state index contributed by atoms with van der Waals surface area (Å²) in [6, 6.07) is 6.05. The Bertz CT molecular complexity index is 444. The van der Waals surface area contributed by atoms with Gasteiger partial charge in [-0.1, -0.05) is 12.1 Å². The Morgan fingerprint density at radius 1 is 0.909 bits per heavy atom. The minimum atomic E-state index is -5.50. The molecule has 9 heteroatoms. The van der Waals surface area contributed by atoms with Crippen molar-refractivity contribution in [1.29, 1.82) is 0 Å². The standard InChI is InChI=1S/C13H14F6O3/c14-12(15,16)11(13(17,18)19)22-8-4-3-7-21-10-6-2-1-5-9(10)20/h1-2,5-6,11,20H,3-4,7-8H2. The van der Waals surface area contributed by atoms with Gasteiger partial charge in [0.15, 0.2) is 11.5 Å². The van der Waals surface area contributed by atoms with E-state index in [2.05, 4.69) is 4.74 Å². The van der Waals surface area contributed by atoms with Crippen molar-refractivity contribution in [3.63, 3.8) is 0 Å². The van der Waals surface area contributed by atoms with E-state index in [1.165, 1.54) is 12.1 Å². The fourth-order valence-electron chi connectivity index (χ4n) is 1.54. The normalized spacial score (nSPS) is 12.7. The molecule has 0 spiro atoms. The fourth-order valence-corrected chi connectivity index (χ4v) is 1.54. The van der Waals surface area contributed by atoms with E-state index in [1.54, 1.807) is 12.1 Å². The number of rotatable bonds is 7. The lowest BCUT2D eigenvalue weighted by molar-refractivity contribution is -0.321. The molecule has 0 fully saturated rings. The lowest BCUT2D eigenvalue weighted by Gasteiger charge is -2.23. The van der Waals surface area contributed by atoms with E-state index in [4.69, 9.17) is 4.74 Å². The molecule has 0 amide bonds. The van der Waals surface area contributed by atoms with Crippen molar-refractivity contribution in [3.05, 3.63) is 24.3 Å². The van der Waals surface area contributed by atoms with Gasteiger partial charge >= 0.3 is 12.4 Å². The second-order valence-electron chi connectivity index (χ2n) is 4.36. The van der Waals surface area contributed by atoms with Crippen molar-refractivity contribution in [2.24, 2.45) is 0 Å². The molecule has 0 aromatic heterocycles. The number of unbranched alkanes of at least 4 members (excludes halogenated alkanes) is 1. The first-order chi connectivity index (χ1) is 10.1. The predicted octanol–water partition coefficient (Wildman–Crippen LogP) is 4.06. The van der Waals surface area contributed by atoms with E-state index < -0.39 is 25.1 Å². The molecule has 0 aliphatic heterocycles. The number of hydrogen-bond acceptors (Lipinski definition) is 3. The van der Waals surface area contributed by atoms with Crippen LogP contribution in [0.5, 0.6) is 11.5 Å². The molecule has 0 saturated heterocycles. The van der Waals surface area contributed by atoms with Gasteiger partial charge in [-0.3, -0.25) is 0 Å². The molecule has 0 radical (unpaired) electrons. The Balaban J connectivity index is 2.29. The third-order valence-electron chi connectivity index (χ3n) is 2.54. The van der Waals surface area contributed by atoms with Crippen LogP contribution in [0.25, 0.3) is 0 Å². The molecule has 3 nitrogen and oxygen atoms in total. The molecular weight excluding hydrogens is 318 g/mol. The van der Waals surface area contributed by atoms with Gasteiger partial charge in [0.2, 0.25) is 6.10 Å². The zero-order chi connectivity index (χ0) is 16.8. The highest BCUT2D eigenvalue weighted by Gasteiger charge is 2.57. The quantitative estimate of drug-likeness (QED) is 0.604. The van der Waals surface area contributed by atoms with Gasteiger partial charge in [-0.15, -0.1) is 0 Å². The lowest BCUT2D eigenvalue weighted by Crippen LogP contribution is -2.44. The minimum absolute atomic E-state index is 0.0314. The molecule has 0 heterocycles. The van der Waals surface area contributed by atoms with Gasteiger partial charge in [-0.2, -0.15) is 26.3 Å². The highest BCUT2D eigenvalue weighted by atomic mass is 19.4. The molecular formula is C13H14F6O3. The minimum Gasteiger partial charge on any atom is -0.504 e. The van der Waals surface area contributed by atoms with Gasteiger partial charge < -0.3 is 14.6 Å². The number of alkyl halides is 6. The van der Waals surface area contributed by atoms with Crippen molar-refractivity contribution in [3.8, 4) is 11.5 Å². The molecule has 1 aromatic carbocycles. The van der Waals surface area contributed by atoms with Crippen molar-refractivity contribution >= 4 is 0 Å². The van der Waals surface area contributed by atoms with E-state index in [9.17, 15) is 31.4 Å². The van der Waals surface area contributed by atoms with Crippen LogP contribution in [-0.2, 0) is 4.74 Å². The summed E-state index contributed by atoms with van der Waals surface area (Å²) in [6.07, 6.45) is -14.6. The molecule has 126 valence electrons. The SMILES string of the molecule is Oc1ccccc1OCCCCOC(C(F)(F)F)C(F)(F)F. The molecule has 1 N–H and O–H groups in total. The highest BCUT2D eigenvalue weighted by Crippen LogP contribution is 2.35. The largest absolute Gasteiger partial charge is 0.504 e. The van der Waals surface area contributed by atoms with Gasteiger partial charge in [0, 0.05) is 6.61 Å². The Morgan fingerprint density at radius 3 is 2.00 bits per heavy atom. The Labute approximate surface area is 122 Å². The zero-order valence-electron chi connectivity index (χ0n) is 11.2. The first-order valence-electron chi connectivity index (χ1n) is 6.28. The average molecular weight is 332 g/mol. The van der Waals surface area contributed by atoms with Gasteiger partial charge in [0.25, 0.3) is 0 Å². The van der Waals surface area contributed by atoms with Crippen LogP contribution in [0.15, 0.2) is 24.3 Å². The molecule has 0 saturated carbocycles. The monoisotopic (exact) mass is 332 g/mol. The van der Waals surface area contributed by atoms with Crippen LogP contribution in [0.1, 0.15) is 12.8 Å². The maximum atomic E-state index is 12.2. The third kappa shape index (κ3) is 6.00. The Morgan fingerprint density at radius 2 is 1.45 bits per heavy atom. The highest BCUT2D eigenvalue weighted by molar-refractivity contribution is 5.37. The number of ether oxygens (including phenoxy) is 2. The van der Waals surface area contributed by atoms with Gasteiger partial charge in [-0.25, -0.2) is 0 Å². The van der Waals surface area contributed by atoms with E-state index in [0.717, 1.165) is 0 Å². The maximum absolute atomic E-state index is 12.2. The fraction of sp³-hybridized carbons (Fsp3) is 0.538. The molecule has 1 aromatic rings. The van der Waals surface area contributed by atoms with Crippen LogP contribution in [0.4, 0.5) is 26.3 Å². The number of para-hydroxylation sites is 2. The predicted molar refractivity (Wildman–Crippen MR) is 64.7 cm³/mol. The van der Waals surface area contributed by atoms with Crippen LogP contribution < -0.4 is 4.74 Å². The van der Waals surface area contributed by atoms with Crippen molar-refractivity contribution in [2.75, 3.05) is 13.2 Å². The number of aromatic hydroxyl groups is 1. The summed E-state index contributed by atoms with van der Waals surface area (Å²) in [7, 11) is 0. The average Bonchev–Trinajstić information content (AvgIpc) is 2.36. The summed E-state index contributed by atoms with van der Waals surface area (Å²) < 4.78 is 82.0. The third-order valence-corrected chi connectivity index (χ3v) is 2.54. The molecule has 1 rings (SSSR count). The number of benzene rings is 1. The smallest absolute Gasteiger partial charge is 0.423 e. The molecule has 22 heavy (non-hydrogen) atoms. The first-order valence-corrected chi connectivity index (χ1v) is 6.28. The van der Waals surface area contributed by atoms with E-state index in [0.29, 0.717) is 0 Å². The van der Waals surface area contributed by atoms with Crippen LogP contribution in [0, 0.1) is 0 Å². The van der Waals surface area contributed by atoms with Crippen molar-refractivity contribution in [1.82, 2.24) is 0 Å². The van der Waals surface area contributed by atoms with Gasteiger partial charge in [0.1, 0.15) is 0 Å². The van der Waals surface area contributed by atoms with E-state index >= 15 is 0 Å². The van der Waals surface area contributed by atoms with Crippen LogP contribution in [0.2, 0.25) is 0 Å². The van der Waals surface area contributed by atoms with Crippen LogP contribution in [0.3, 0.4) is 0 Å². The number of phenols is 1. The summed E-state index contributed by atoms with van der Waals surface area (Å²) in [5.74, 6) is 0.0832. The van der Waals surface area contributed by atoms with Gasteiger partial charge in [-0.05, 0) is 25.0 Å². The summed E-state index contributed by atoms with van der Waals surface area (Å²) in [4.78, 5) is 0. The Kier molecular flexibility index (Phi) is 6.34. The summed E-state index contributed by atoms with van der Waals surface area (Å²) in [5, 5.41) is 9.37. The molecule has 0 bridgehead atoms. The molecule has 0 atom stereocenters. The second kappa shape index (κ2) is 7.57. The second-order valence-corrected chi connectivity index (χ2v) is 4.36. The topological polar surface area (TPSA) is 38.7 Å². The molecule has 0 unspecified atom stereocenters. The number of phenolic OH excluding ortho intramolecular Hbond substituents is 1. The summed E-state index contributed by atoms with van der Waals surface area (Å²) in [6.45, 7) is -0.669. The zero-order valence-corrected chi connectivity index (χ0v) is 11.2. The van der Waals surface area contributed by atoms with E-state index in [-0.39, 0.29) is 30.9 Å². The molecule has 0 aliphatic rings. The summed E-state index contributed by atoms with van der Waals surface area (Å²) >= 11 is 0. The van der Waals surface area contributed by atoms with Crippen LogP contribution in [-0.4, -0.2) is 36.8 Å². The number of halogens is 6. The lowest BCUT2D eigenvalue weighted by atomic mass is 10.3. The van der Waals surface area contributed by atoms with Crippen molar-refractivity contribution in [2.45, 2.75) is 31.3 Å². The Hall–Kier alpha value is -1.64. The first kappa shape index (κ1) is 18.4. The molecule has 0 aliphatic carbocycles. The maximum Gasteiger partial charge on any atom is 0.423 e. The van der Waals surface area contributed by atoms with Crippen molar-refractivity contribution < 1.29 is 40.9 Å². The van der Waals surface area contributed by atoms with Crippen LogP contribution >= 0.6 is 0 Å². The van der Waals surface area contributed by atoms with E-state index in [1.807, 2.05) is 0 Å². The summed E-state index contributed by atoms with van der Waals surface area (Å²) in [5.41, 5.74) is 0. The van der Waals surface area contributed by atoms with Gasteiger partial charge in [0.05, 0.1) is 6.61 Å².